The van der Waals surface area contributed by atoms with Gasteiger partial charge in [0, 0.05) is 11.5 Å². The number of hydrogen-bond acceptors (Lipinski definition) is 7. The summed E-state index contributed by atoms with van der Waals surface area (Å²) in [5, 5.41) is 12.6. The highest BCUT2D eigenvalue weighted by Gasteiger charge is 2.34. The second kappa shape index (κ2) is 8.43. The summed E-state index contributed by atoms with van der Waals surface area (Å²) in [6, 6.07) is 7.03. The average molecular weight is 411 g/mol. The first-order valence-electron chi connectivity index (χ1n) is 7.92. The van der Waals surface area contributed by atoms with Crippen LogP contribution in [0.25, 0.3) is 6.08 Å². The van der Waals surface area contributed by atoms with Gasteiger partial charge in [0.15, 0.2) is 0 Å². The highest BCUT2D eigenvalue weighted by molar-refractivity contribution is 8.26. The van der Waals surface area contributed by atoms with E-state index in [1.54, 1.807) is 24.9 Å². The maximum absolute atomic E-state index is 12.6. The van der Waals surface area contributed by atoms with Crippen molar-refractivity contribution in [3.8, 4) is 5.75 Å². The van der Waals surface area contributed by atoms with Gasteiger partial charge < -0.3 is 15.2 Å². The lowest BCUT2D eigenvalue weighted by Crippen LogP contribution is -2.47. The molecule has 2 N–H and O–H groups in total. The van der Waals surface area contributed by atoms with E-state index >= 15 is 0 Å². The van der Waals surface area contributed by atoms with Crippen molar-refractivity contribution in [2.24, 2.45) is 0 Å². The van der Waals surface area contributed by atoms with Gasteiger partial charge in [-0.1, -0.05) is 36.1 Å². The van der Waals surface area contributed by atoms with Gasteiger partial charge in [0.25, 0.3) is 5.91 Å². The van der Waals surface area contributed by atoms with E-state index in [0.717, 1.165) is 11.3 Å². The zero-order chi connectivity index (χ0) is 18.7. The summed E-state index contributed by atoms with van der Waals surface area (Å²) in [6.07, 6.45) is 1.19. The number of carbonyl (C=O) groups is 2. The first-order chi connectivity index (χ1) is 12.5. The molecular formula is C17H18N2O4S3. The molecule has 0 aromatic heterocycles. The molecular weight excluding hydrogens is 392 g/mol. The van der Waals surface area contributed by atoms with E-state index in [9.17, 15) is 14.7 Å². The average Bonchev–Trinajstić information content (AvgIpc) is 3.14. The number of methoxy groups -OCH3 is 1. The van der Waals surface area contributed by atoms with Crippen molar-refractivity contribution in [3.05, 3.63) is 34.7 Å². The van der Waals surface area contributed by atoms with Crippen molar-refractivity contribution >= 4 is 58.0 Å². The number of benzene rings is 1. The SMILES string of the molecule is COc1ccc(/C=C2/SC(=S)N(CC(=O)N[C@H]3CSC[C@@H]3O)C2=O)cc1. The van der Waals surface area contributed by atoms with Crippen molar-refractivity contribution in [2.75, 3.05) is 25.2 Å². The smallest absolute Gasteiger partial charge is 0.266 e. The Morgan fingerprint density at radius 3 is 2.77 bits per heavy atom. The Morgan fingerprint density at radius 2 is 2.15 bits per heavy atom. The van der Waals surface area contributed by atoms with Crippen molar-refractivity contribution in [2.45, 2.75) is 12.1 Å². The molecule has 2 aliphatic heterocycles. The molecule has 2 heterocycles. The van der Waals surface area contributed by atoms with Crippen LogP contribution in [0.3, 0.4) is 0 Å². The molecule has 1 aromatic rings. The van der Waals surface area contributed by atoms with E-state index in [0.29, 0.717) is 20.7 Å². The van der Waals surface area contributed by atoms with E-state index in [2.05, 4.69) is 5.32 Å². The Balaban J connectivity index is 1.64. The van der Waals surface area contributed by atoms with Gasteiger partial charge >= 0.3 is 0 Å². The minimum atomic E-state index is -0.551. The Labute approximate surface area is 165 Å². The van der Waals surface area contributed by atoms with Gasteiger partial charge in [0.05, 0.1) is 24.2 Å². The van der Waals surface area contributed by atoms with Crippen LogP contribution in [0, 0.1) is 0 Å². The molecule has 2 fully saturated rings. The van der Waals surface area contributed by atoms with E-state index in [-0.39, 0.29) is 24.4 Å². The molecule has 2 atom stereocenters. The lowest BCUT2D eigenvalue weighted by Gasteiger charge is -2.18. The van der Waals surface area contributed by atoms with Crippen LogP contribution in [0.15, 0.2) is 29.2 Å². The van der Waals surface area contributed by atoms with Crippen molar-refractivity contribution in [1.82, 2.24) is 10.2 Å². The first kappa shape index (κ1) is 19.2. The Kier molecular flexibility index (Phi) is 6.23. The minimum Gasteiger partial charge on any atom is -0.497 e. The third-order valence-corrected chi connectivity index (χ3v) is 6.54. The number of thioether (sulfide) groups is 2. The molecule has 3 rings (SSSR count). The molecule has 0 aliphatic carbocycles. The Hall–Kier alpha value is -1.55. The van der Waals surface area contributed by atoms with Crippen LogP contribution in [-0.4, -0.2) is 63.4 Å². The number of amides is 2. The number of rotatable bonds is 5. The number of hydrogen-bond donors (Lipinski definition) is 2. The van der Waals surface area contributed by atoms with Crippen LogP contribution in [-0.2, 0) is 9.59 Å². The number of carbonyl (C=O) groups excluding carboxylic acids is 2. The molecule has 0 bridgehead atoms. The molecule has 0 unspecified atom stereocenters. The zero-order valence-electron chi connectivity index (χ0n) is 14.0. The maximum atomic E-state index is 12.6. The van der Waals surface area contributed by atoms with Crippen LogP contribution in [0.2, 0.25) is 0 Å². The van der Waals surface area contributed by atoms with Gasteiger partial charge in [0.2, 0.25) is 5.91 Å². The lowest BCUT2D eigenvalue weighted by atomic mass is 10.2. The fourth-order valence-electron chi connectivity index (χ4n) is 2.56. The summed E-state index contributed by atoms with van der Waals surface area (Å²) in [5.41, 5.74) is 0.849. The number of ether oxygens (including phenoxy) is 1. The monoisotopic (exact) mass is 410 g/mol. The zero-order valence-corrected chi connectivity index (χ0v) is 16.5. The third-order valence-electron chi connectivity index (χ3n) is 3.99. The van der Waals surface area contributed by atoms with Crippen molar-refractivity contribution in [1.29, 1.82) is 0 Å². The van der Waals surface area contributed by atoms with Gasteiger partial charge in [-0.25, -0.2) is 0 Å². The van der Waals surface area contributed by atoms with E-state index < -0.39 is 6.10 Å². The Morgan fingerprint density at radius 1 is 1.42 bits per heavy atom. The summed E-state index contributed by atoms with van der Waals surface area (Å²) in [5.74, 6) is 1.41. The molecule has 0 saturated carbocycles. The summed E-state index contributed by atoms with van der Waals surface area (Å²) >= 11 is 8.01. The normalized spacial score (nSPS) is 24.4. The molecule has 2 amide bonds. The summed E-state index contributed by atoms with van der Waals surface area (Å²) < 4.78 is 5.47. The number of nitrogens with zero attached hydrogens (tertiary/aromatic N) is 1. The number of aliphatic hydroxyl groups excluding tert-OH is 1. The van der Waals surface area contributed by atoms with Crippen LogP contribution >= 0.6 is 35.7 Å². The van der Waals surface area contributed by atoms with E-state index in [4.69, 9.17) is 17.0 Å². The highest BCUT2D eigenvalue weighted by Crippen LogP contribution is 2.32. The predicted octanol–water partition coefficient (Wildman–Crippen LogP) is 1.49. The Bertz CT molecular complexity index is 751. The predicted molar refractivity (Wildman–Crippen MR) is 108 cm³/mol. The first-order valence-corrected chi connectivity index (χ1v) is 10.3. The second-order valence-electron chi connectivity index (χ2n) is 5.82. The van der Waals surface area contributed by atoms with Crippen molar-refractivity contribution in [3.63, 3.8) is 0 Å². The minimum absolute atomic E-state index is 0.140. The highest BCUT2D eigenvalue weighted by atomic mass is 32.2. The summed E-state index contributed by atoms with van der Waals surface area (Å²) in [6.45, 7) is -0.140. The molecule has 6 nitrogen and oxygen atoms in total. The quantitative estimate of drug-likeness (QED) is 0.562. The fraction of sp³-hybridized carbons (Fsp3) is 0.353. The summed E-state index contributed by atoms with van der Waals surface area (Å²) in [4.78, 5) is 26.5. The third kappa shape index (κ3) is 4.40. The van der Waals surface area contributed by atoms with Gasteiger partial charge in [-0.05, 0) is 23.8 Å². The number of nitrogens with one attached hydrogen (secondary N) is 1. The van der Waals surface area contributed by atoms with Crippen LogP contribution in [0.1, 0.15) is 5.56 Å². The van der Waals surface area contributed by atoms with Crippen LogP contribution in [0.5, 0.6) is 5.75 Å². The molecule has 0 spiro atoms. The molecule has 26 heavy (non-hydrogen) atoms. The van der Waals surface area contributed by atoms with Crippen LogP contribution in [0.4, 0.5) is 0 Å². The van der Waals surface area contributed by atoms with Gasteiger partial charge in [-0.2, -0.15) is 11.8 Å². The van der Waals surface area contributed by atoms with Crippen LogP contribution < -0.4 is 10.1 Å². The second-order valence-corrected chi connectivity index (χ2v) is 8.57. The largest absolute Gasteiger partial charge is 0.497 e. The summed E-state index contributed by atoms with van der Waals surface area (Å²) in [7, 11) is 1.59. The van der Waals surface area contributed by atoms with Gasteiger partial charge in [-0.3, -0.25) is 14.5 Å². The van der Waals surface area contributed by atoms with E-state index in [1.807, 2.05) is 24.3 Å². The number of thiocarbonyl (C=S) groups is 1. The lowest BCUT2D eigenvalue weighted by molar-refractivity contribution is -0.129. The van der Waals surface area contributed by atoms with Gasteiger partial charge in [0.1, 0.15) is 16.6 Å². The van der Waals surface area contributed by atoms with E-state index in [1.165, 1.54) is 16.7 Å². The molecule has 0 radical (unpaired) electrons. The topological polar surface area (TPSA) is 78.9 Å². The molecule has 2 aliphatic rings. The van der Waals surface area contributed by atoms with Crippen molar-refractivity contribution < 1.29 is 19.4 Å². The molecule has 9 heteroatoms. The standard InChI is InChI=1S/C17H18N2O4S3/c1-23-11-4-2-10(3-5-11)6-14-16(22)19(17(24)26-14)7-15(21)18-12-8-25-9-13(12)20/h2-6,12-13,20H,7-9H2,1H3,(H,18,21)/b14-6+/t12-,13-/m0/s1. The molecule has 1 aromatic carbocycles. The number of aliphatic hydroxyl groups is 1. The maximum Gasteiger partial charge on any atom is 0.266 e. The fourth-order valence-corrected chi connectivity index (χ4v) is 4.99. The van der Waals surface area contributed by atoms with Gasteiger partial charge in [-0.15, -0.1) is 0 Å². The molecule has 138 valence electrons. The molecule has 2 saturated heterocycles.